The zero-order valence-corrected chi connectivity index (χ0v) is 22.6. The number of nitrogens with two attached hydrogens (primary N) is 3. The molecule has 0 aromatic carbocycles. The largest absolute Gasteiger partial charge is 0.437 e. The van der Waals surface area contributed by atoms with Gasteiger partial charge in [-0.2, -0.15) is 0 Å². The van der Waals surface area contributed by atoms with Gasteiger partial charge in [-0.3, -0.25) is 0 Å². The van der Waals surface area contributed by atoms with E-state index < -0.39 is 25.2 Å². The number of hydrogen-bond acceptors (Lipinski definition) is 7. The summed E-state index contributed by atoms with van der Waals surface area (Å²) in [6.45, 7) is 20.1. The van der Waals surface area contributed by atoms with Crippen molar-refractivity contribution in [3.63, 3.8) is 0 Å². The molecule has 0 heterocycles. The van der Waals surface area contributed by atoms with Gasteiger partial charge in [-0.25, -0.2) is 0 Å². The Kier molecular flexibility index (Phi) is 18.7. The molecule has 0 atom stereocenters. The van der Waals surface area contributed by atoms with Gasteiger partial charge in [0.2, 0.25) is 0 Å². The van der Waals surface area contributed by atoms with Crippen LogP contribution in [0, 0.1) is 0 Å². The maximum Gasteiger partial charge on any atom is 0.311 e. The molecule has 7 nitrogen and oxygen atoms in total. The van der Waals surface area contributed by atoms with Crippen molar-refractivity contribution in [2.45, 2.75) is 71.1 Å². The molecule has 0 aliphatic carbocycles. The predicted octanol–water partition coefficient (Wildman–Crippen LogP) is 2.83. The van der Waals surface area contributed by atoms with Gasteiger partial charge in [0, 0.05) is 26.3 Å². The number of rotatable bonds is 16. The van der Waals surface area contributed by atoms with Crippen molar-refractivity contribution >= 4 is 25.2 Å². The fourth-order valence-corrected chi connectivity index (χ4v) is 17.0. The highest BCUT2D eigenvalue weighted by atomic mass is 28.5. The van der Waals surface area contributed by atoms with Gasteiger partial charge >= 0.3 is 8.56 Å². The summed E-state index contributed by atoms with van der Waals surface area (Å²) < 4.78 is 24.1. The third kappa shape index (κ3) is 21.1. The molecule has 0 fully saturated rings. The summed E-state index contributed by atoms with van der Waals surface area (Å²) in [6.07, 6.45) is 2.06. The molecule has 0 radical (unpaired) electrons. The van der Waals surface area contributed by atoms with Crippen molar-refractivity contribution in [1.82, 2.24) is 0 Å². The quantitative estimate of drug-likeness (QED) is 0.242. The fourth-order valence-electron chi connectivity index (χ4n) is 3.02. The lowest BCUT2D eigenvalue weighted by Crippen LogP contribution is -2.52. The van der Waals surface area contributed by atoms with Crippen molar-refractivity contribution in [3.05, 3.63) is 0 Å². The van der Waals surface area contributed by atoms with Crippen LogP contribution >= 0.6 is 0 Å². The molecule has 28 heavy (non-hydrogen) atoms. The lowest BCUT2D eigenvalue weighted by atomic mass is 10.5. The molecule has 0 amide bonds. The Labute approximate surface area is 177 Å². The molecule has 0 aromatic heterocycles. The van der Waals surface area contributed by atoms with Crippen molar-refractivity contribution in [1.29, 1.82) is 0 Å². The Morgan fingerprint density at radius 3 is 1.21 bits per heavy atom. The summed E-state index contributed by atoms with van der Waals surface area (Å²) in [7, 11) is -5.60. The van der Waals surface area contributed by atoms with E-state index in [1.165, 1.54) is 0 Å². The van der Waals surface area contributed by atoms with Crippen LogP contribution in [0.25, 0.3) is 0 Å². The Bertz CT molecular complexity index is 333. The molecule has 0 aliphatic heterocycles. The standard InChI is InChI=1S/C16H42N2O4Si3.C2H7N/c1-23(2,15-7-11-19-13-9-17)21-25(5,6)22-24(3,4)16-8-12-20-14-10-18;1-2-3/h7-18H2,1-6H3;2-3H2,1H3. The summed E-state index contributed by atoms with van der Waals surface area (Å²) in [6, 6.07) is 2.18. The van der Waals surface area contributed by atoms with Crippen molar-refractivity contribution in [2.24, 2.45) is 17.2 Å². The first-order valence-corrected chi connectivity index (χ1v) is 19.7. The molecule has 0 rings (SSSR count). The molecular formula is C18H49N3O4Si3. The van der Waals surface area contributed by atoms with Crippen LogP contribution in [-0.2, 0) is 17.7 Å². The summed E-state index contributed by atoms with van der Waals surface area (Å²) in [5.74, 6) is 0. The van der Waals surface area contributed by atoms with E-state index in [0.717, 1.165) is 44.7 Å². The minimum Gasteiger partial charge on any atom is -0.437 e. The third-order valence-corrected chi connectivity index (χ3v) is 15.2. The van der Waals surface area contributed by atoms with E-state index in [1.54, 1.807) is 0 Å². The normalized spacial score (nSPS) is 12.6. The number of hydrogen-bond donors (Lipinski definition) is 3. The number of ether oxygens (including phenoxy) is 2. The van der Waals surface area contributed by atoms with Crippen molar-refractivity contribution in [2.75, 3.05) is 46.1 Å². The highest BCUT2D eigenvalue weighted by molar-refractivity contribution is 6.87. The van der Waals surface area contributed by atoms with Gasteiger partial charge in [-0.1, -0.05) is 6.92 Å². The summed E-state index contributed by atoms with van der Waals surface area (Å²) >= 11 is 0. The van der Waals surface area contributed by atoms with Crippen LogP contribution in [0.5, 0.6) is 0 Å². The van der Waals surface area contributed by atoms with Gasteiger partial charge in [0.25, 0.3) is 0 Å². The van der Waals surface area contributed by atoms with Gasteiger partial charge in [-0.05, 0) is 70.8 Å². The lowest BCUT2D eigenvalue weighted by Gasteiger charge is -2.38. The average Bonchev–Trinajstić information content (AvgIpc) is 2.52. The van der Waals surface area contributed by atoms with Crippen LogP contribution in [0.1, 0.15) is 19.8 Å². The third-order valence-electron chi connectivity index (χ3n) is 3.70. The molecule has 0 saturated carbocycles. The van der Waals surface area contributed by atoms with Crippen LogP contribution in [0.15, 0.2) is 0 Å². The second-order valence-electron chi connectivity index (χ2n) is 8.54. The van der Waals surface area contributed by atoms with Crippen LogP contribution in [0.3, 0.4) is 0 Å². The van der Waals surface area contributed by atoms with Gasteiger partial charge in [0.15, 0.2) is 16.6 Å². The maximum absolute atomic E-state index is 6.57. The molecule has 0 aromatic rings. The van der Waals surface area contributed by atoms with Crippen LogP contribution < -0.4 is 17.2 Å². The van der Waals surface area contributed by atoms with E-state index in [4.69, 9.17) is 34.9 Å². The van der Waals surface area contributed by atoms with E-state index >= 15 is 0 Å². The minimum atomic E-state index is -2.12. The van der Waals surface area contributed by atoms with E-state index in [-0.39, 0.29) is 0 Å². The SMILES string of the molecule is CCN.C[Si](C)(CCCOCCN)O[Si](C)(C)O[Si](C)(C)CCCOCCN. The molecule has 172 valence electrons. The zero-order chi connectivity index (χ0) is 22.1. The average molecular weight is 456 g/mol. The van der Waals surface area contributed by atoms with Gasteiger partial charge in [-0.15, -0.1) is 0 Å². The maximum atomic E-state index is 6.57. The molecule has 0 aliphatic rings. The fraction of sp³-hybridized carbons (Fsp3) is 1.00. The first-order chi connectivity index (χ1) is 12.9. The first-order valence-electron chi connectivity index (χ1n) is 10.6. The smallest absolute Gasteiger partial charge is 0.311 e. The first kappa shape index (κ1) is 30.6. The molecule has 0 unspecified atom stereocenters. The van der Waals surface area contributed by atoms with E-state index in [0.29, 0.717) is 26.3 Å². The van der Waals surface area contributed by atoms with Crippen LogP contribution in [-0.4, -0.2) is 71.3 Å². The molecule has 10 heteroatoms. The second kappa shape index (κ2) is 17.1. The van der Waals surface area contributed by atoms with Crippen molar-refractivity contribution < 1.29 is 17.7 Å². The molecular weight excluding hydrogens is 406 g/mol. The Morgan fingerprint density at radius 2 is 0.929 bits per heavy atom. The molecule has 0 spiro atoms. The van der Waals surface area contributed by atoms with Crippen LogP contribution in [0.2, 0.25) is 51.4 Å². The molecule has 0 bridgehead atoms. The summed E-state index contributed by atoms with van der Waals surface area (Å²) in [4.78, 5) is 0. The molecule has 6 N–H and O–H groups in total. The highest BCUT2D eigenvalue weighted by Gasteiger charge is 2.39. The van der Waals surface area contributed by atoms with E-state index in [2.05, 4.69) is 39.3 Å². The van der Waals surface area contributed by atoms with Crippen molar-refractivity contribution in [3.8, 4) is 0 Å². The highest BCUT2D eigenvalue weighted by Crippen LogP contribution is 2.26. The Hall–Kier alpha value is 0.371. The van der Waals surface area contributed by atoms with E-state index in [9.17, 15) is 0 Å². The lowest BCUT2D eigenvalue weighted by molar-refractivity contribution is 0.141. The summed E-state index contributed by atoms with van der Waals surface area (Å²) in [5, 5.41) is 0. The van der Waals surface area contributed by atoms with Gasteiger partial charge in [0.05, 0.1) is 13.2 Å². The van der Waals surface area contributed by atoms with Crippen LogP contribution in [0.4, 0.5) is 0 Å². The van der Waals surface area contributed by atoms with E-state index in [1.807, 2.05) is 6.92 Å². The topological polar surface area (TPSA) is 115 Å². The molecule has 0 saturated heterocycles. The zero-order valence-electron chi connectivity index (χ0n) is 19.6. The minimum absolute atomic E-state index is 0.585. The van der Waals surface area contributed by atoms with Gasteiger partial charge in [0.1, 0.15) is 0 Å². The Morgan fingerprint density at radius 1 is 0.607 bits per heavy atom. The van der Waals surface area contributed by atoms with Gasteiger partial charge < -0.3 is 34.9 Å². The second-order valence-corrected chi connectivity index (χ2v) is 21.0. The monoisotopic (exact) mass is 455 g/mol. The summed E-state index contributed by atoms with van der Waals surface area (Å²) in [5.41, 5.74) is 15.7. The Balaban J connectivity index is 0. The predicted molar refractivity (Wildman–Crippen MR) is 128 cm³/mol.